The average Bonchev–Trinajstić information content (AvgIpc) is 3.14. The number of likely N-dealkylation sites (tertiary alicyclic amines) is 1. The van der Waals surface area contributed by atoms with Gasteiger partial charge in [-0.25, -0.2) is 4.99 Å². The van der Waals surface area contributed by atoms with Gasteiger partial charge in [-0.1, -0.05) is 26.0 Å². The second-order valence-corrected chi connectivity index (χ2v) is 7.01. The first-order valence-electron chi connectivity index (χ1n) is 9.79. The minimum absolute atomic E-state index is 0.111. The molecule has 1 aliphatic rings. The normalized spacial score (nSPS) is 16.0. The smallest absolute Gasteiger partial charge is 0.244 e. The maximum absolute atomic E-state index is 12.2. The van der Waals surface area contributed by atoms with Gasteiger partial charge >= 0.3 is 0 Å². The molecule has 1 heterocycles. The highest BCUT2D eigenvalue weighted by molar-refractivity contribution is 5.85. The third-order valence-corrected chi connectivity index (χ3v) is 4.62. The van der Waals surface area contributed by atoms with Gasteiger partial charge in [0.25, 0.3) is 0 Å². The van der Waals surface area contributed by atoms with E-state index in [-0.39, 0.29) is 12.5 Å². The van der Waals surface area contributed by atoms with E-state index < -0.39 is 0 Å². The quantitative estimate of drug-likeness (QED) is 0.334. The van der Waals surface area contributed by atoms with E-state index in [0.717, 1.165) is 52.1 Å². The molecule has 2 N–H and O–H groups in total. The molecule has 0 spiro atoms. The summed E-state index contributed by atoms with van der Waals surface area (Å²) < 4.78 is 0. The van der Waals surface area contributed by atoms with E-state index >= 15 is 0 Å². The average molecular weight is 364 g/mol. The number of hydrogen-bond acceptors (Lipinski definition) is 3. The molecule has 1 atom stereocenters. The van der Waals surface area contributed by atoms with Crippen molar-refractivity contribution in [3.05, 3.63) is 25.3 Å². The molecule has 1 rings (SSSR count). The van der Waals surface area contributed by atoms with Crippen LogP contribution < -0.4 is 10.6 Å². The first-order chi connectivity index (χ1) is 12.5. The summed E-state index contributed by atoms with van der Waals surface area (Å²) in [5, 5.41) is 6.64. The molecule has 26 heavy (non-hydrogen) atoms. The molecule has 0 bridgehead atoms. The molecule has 1 unspecified atom stereocenters. The Labute approximate surface area is 159 Å². The standard InChI is InChI=1S/C20H37N5O/c1-6-11-24(12-7-2)18(17(4)5)15-22-20(21-8-3)23-16-19(26)25-13-9-10-14-25/h6-7,17-18H,1-2,8-16H2,3-5H3,(H2,21,22,23). The Morgan fingerprint density at radius 3 is 2.31 bits per heavy atom. The summed E-state index contributed by atoms with van der Waals surface area (Å²) in [4.78, 5) is 20.9. The van der Waals surface area contributed by atoms with E-state index in [0.29, 0.717) is 17.9 Å². The molecule has 0 radical (unpaired) electrons. The van der Waals surface area contributed by atoms with E-state index in [4.69, 9.17) is 0 Å². The van der Waals surface area contributed by atoms with Crippen LogP contribution in [0.4, 0.5) is 0 Å². The molecule has 6 nitrogen and oxygen atoms in total. The zero-order valence-corrected chi connectivity index (χ0v) is 16.8. The molecule has 1 amide bonds. The molecule has 0 aromatic heterocycles. The molecule has 1 saturated heterocycles. The van der Waals surface area contributed by atoms with Gasteiger partial charge in [0.2, 0.25) is 5.91 Å². The predicted octanol–water partition coefficient (Wildman–Crippen LogP) is 1.86. The lowest BCUT2D eigenvalue weighted by molar-refractivity contribution is -0.128. The summed E-state index contributed by atoms with van der Waals surface area (Å²) in [6, 6.07) is 0.323. The van der Waals surface area contributed by atoms with Crippen LogP contribution in [0.2, 0.25) is 0 Å². The van der Waals surface area contributed by atoms with Crippen molar-refractivity contribution >= 4 is 11.9 Å². The number of amides is 1. The molecule has 0 aromatic carbocycles. The number of nitrogens with zero attached hydrogens (tertiary/aromatic N) is 3. The molecular formula is C20H37N5O. The van der Waals surface area contributed by atoms with E-state index in [1.54, 1.807) is 0 Å². The summed E-state index contributed by atoms with van der Waals surface area (Å²) in [6.45, 7) is 19.3. The van der Waals surface area contributed by atoms with E-state index in [9.17, 15) is 4.79 Å². The van der Waals surface area contributed by atoms with Gasteiger partial charge in [-0.15, -0.1) is 13.2 Å². The summed E-state index contributed by atoms with van der Waals surface area (Å²) >= 11 is 0. The number of hydrogen-bond donors (Lipinski definition) is 2. The fourth-order valence-corrected chi connectivity index (χ4v) is 3.22. The summed E-state index contributed by atoms with van der Waals surface area (Å²) in [5.41, 5.74) is 0. The lowest BCUT2D eigenvalue weighted by atomic mass is 10.0. The van der Waals surface area contributed by atoms with Gasteiger partial charge in [0.1, 0.15) is 6.54 Å². The van der Waals surface area contributed by atoms with Gasteiger partial charge in [0.15, 0.2) is 5.96 Å². The summed E-state index contributed by atoms with van der Waals surface area (Å²) in [7, 11) is 0. The van der Waals surface area contributed by atoms with Crippen LogP contribution in [0.1, 0.15) is 33.6 Å². The third-order valence-electron chi connectivity index (χ3n) is 4.62. The van der Waals surface area contributed by atoms with Crippen molar-refractivity contribution in [3.63, 3.8) is 0 Å². The topological polar surface area (TPSA) is 60.0 Å². The first-order valence-corrected chi connectivity index (χ1v) is 9.79. The maximum atomic E-state index is 12.2. The van der Waals surface area contributed by atoms with Crippen LogP contribution >= 0.6 is 0 Å². The Morgan fingerprint density at radius 1 is 1.19 bits per heavy atom. The fraction of sp³-hybridized carbons (Fsp3) is 0.700. The number of nitrogens with one attached hydrogen (secondary N) is 2. The largest absolute Gasteiger partial charge is 0.357 e. The number of carbonyl (C=O) groups excluding carboxylic acids is 1. The van der Waals surface area contributed by atoms with Crippen molar-refractivity contribution < 1.29 is 4.79 Å². The van der Waals surface area contributed by atoms with Crippen LogP contribution in [0.3, 0.4) is 0 Å². The van der Waals surface area contributed by atoms with Crippen molar-refractivity contribution in [2.24, 2.45) is 10.9 Å². The highest BCUT2D eigenvalue weighted by Gasteiger charge is 2.21. The second kappa shape index (κ2) is 12.5. The fourth-order valence-electron chi connectivity index (χ4n) is 3.22. The minimum atomic E-state index is 0.111. The Kier molecular flexibility index (Phi) is 10.7. The lowest BCUT2D eigenvalue weighted by Gasteiger charge is -2.33. The van der Waals surface area contributed by atoms with Crippen LogP contribution in [0, 0.1) is 5.92 Å². The van der Waals surface area contributed by atoms with Gasteiger partial charge in [-0.05, 0) is 25.7 Å². The Bertz CT molecular complexity index is 459. The number of rotatable bonds is 11. The molecule has 0 aromatic rings. The van der Waals surface area contributed by atoms with Crippen LogP contribution in [-0.4, -0.2) is 73.5 Å². The van der Waals surface area contributed by atoms with E-state index in [1.807, 2.05) is 24.0 Å². The van der Waals surface area contributed by atoms with Crippen molar-refractivity contribution in [1.82, 2.24) is 20.4 Å². The van der Waals surface area contributed by atoms with Crippen molar-refractivity contribution in [2.45, 2.75) is 39.7 Å². The predicted molar refractivity (Wildman–Crippen MR) is 110 cm³/mol. The van der Waals surface area contributed by atoms with Gasteiger partial charge in [0.05, 0.1) is 0 Å². The van der Waals surface area contributed by atoms with Crippen molar-refractivity contribution in [1.29, 1.82) is 0 Å². The third kappa shape index (κ3) is 7.60. The first kappa shape index (κ1) is 22.2. The molecule has 0 aliphatic carbocycles. The van der Waals surface area contributed by atoms with E-state index in [2.05, 4.69) is 47.5 Å². The molecule has 1 fully saturated rings. The Morgan fingerprint density at radius 2 is 1.81 bits per heavy atom. The lowest BCUT2D eigenvalue weighted by Crippen LogP contribution is -2.49. The minimum Gasteiger partial charge on any atom is -0.357 e. The molecule has 1 aliphatic heterocycles. The Balaban J connectivity index is 2.67. The summed E-state index contributed by atoms with van der Waals surface area (Å²) in [6.07, 6.45) is 6.05. The van der Waals surface area contributed by atoms with Gasteiger partial charge in [0, 0.05) is 45.3 Å². The number of aliphatic imine (C=N–C) groups is 1. The van der Waals surface area contributed by atoms with Gasteiger partial charge < -0.3 is 15.5 Å². The van der Waals surface area contributed by atoms with Crippen molar-refractivity contribution in [3.8, 4) is 0 Å². The maximum Gasteiger partial charge on any atom is 0.244 e. The van der Waals surface area contributed by atoms with E-state index in [1.165, 1.54) is 0 Å². The SMILES string of the molecule is C=CCN(CC=C)C(CNC(=NCC(=O)N1CCCC1)NCC)C(C)C. The van der Waals surface area contributed by atoms with Gasteiger partial charge in [-0.2, -0.15) is 0 Å². The molecular weight excluding hydrogens is 326 g/mol. The second-order valence-electron chi connectivity index (χ2n) is 7.01. The van der Waals surface area contributed by atoms with Crippen LogP contribution in [-0.2, 0) is 4.79 Å². The monoisotopic (exact) mass is 363 g/mol. The number of guanidine groups is 1. The van der Waals surface area contributed by atoms with Crippen molar-refractivity contribution in [2.75, 3.05) is 45.8 Å². The zero-order chi connectivity index (χ0) is 19.4. The highest BCUT2D eigenvalue weighted by Crippen LogP contribution is 2.10. The van der Waals surface area contributed by atoms with Crippen LogP contribution in [0.5, 0.6) is 0 Å². The Hall–Kier alpha value is -1.82. The highest BCUT2D eigenvalue weighted by atomic mass is 16.2. The molecule has 6 heteroatoms. The van der Waals surface area contributed by atoms with Crippen LogP contribution in [0.25, 0.3) is 0 Å². The van der Waals surface area contributed by atoms with Gasteiger partial charge in [-0.3, -0.25) is 9.69 Å². The number of carbonyl (C=O) groups is 1. The molecule has 0 saturated carbocycles. The van der Waals surface area contributed by atoms with Crippen LogP contribution in [0.15, 0.2) is 30.3 Å². The molecule has 148 valence electrons. The summed E-state index contributed by atoms with van der Waals surface area (Å²) in [5.74, 6) is 1.28. The zero-order valence-electron chi connectivity index (χ0n) is 16.8.